The molecule has 1 atom stereocenters. The maximum atomic E-state index is 13.7. The SMILES string of the molecule is Cc1ccc(N2C(=O)CN=C2S[C@H](C)C(=O)Nc2cc(F)ccc2F)cc1. The van der Waals surface area contributed by atoms with E-state index in [1.807, 2.05) is 31.2 Å². The highest BCUT2D eigenvalue weighted by Crippen LogP contribution is 2.27. The number of anilines is 2. The van der Waals surface area contributed by atoms with Gasteiger partial charge in [0, 0.05) is 6.07 Å². The van der Waals surface area contributed by atoms with Crippen LogP contribution in [-0.4, -0.2) is 28.8 Å². The summed E-state index contributed by atoms with van der Waals surface area (Å²) in [5.41, 5.74) is 1.49. The summed E-state index contributed by atoms with van der Waals surface area (Å²) in [7, 11) is 0. The number of nitrogens with zero attached hydrogens (tertiary/aromatic N) is 2. The van der Waals surface area contributed by atoms with E-state index in [-0.39, 0.29) is 18.1 Å². The number of hydrogen-bond acceptors (Lipinski definition) is 4. The van der Waals surface area contributed by atoms with E-state index < -0.39 is 22.8 Å². The molecule has 0 aliphatic carbocycles. The number of halogens is 2. The van der Waals surface area contributed by atoms with E-state index in [9.17, 15) is 18.4 Å². The predicted molar refractivity (Wildman–Crippen MR) is 103 cm³/mol. The Labute approximate surface area is 159 Å². The summed E-state index contributed by atoms with van der Waals surface area (Å²) >= 11 is 1.08. The van der Waals surface area contributed by atoms with Gasteiger partial charge in [0.2, 0.25) is 5.91 Å². The van der Waals surface area contributed by atoms with Crippen molar-refractivity contribution in [1.29, 1.82) is 0 Å². The fourth-order valence-corrected chi connectivity index (χ4v) is 3.39. The molecule has 0 spiro atoms. The van der Waals surface area contributed by atoms with Crippen molar-refractivity contribution in [2.45, 2.75) is 19.1 Å². The second-order valence-corrected chi connectivity index (χ2v) is 7.34. The molecule has 0 unspecified atom stereocenters. The van der Waals surface area contributed by atoms with Crippen molar-refractivity contribution >= 4 is 40.1 Å². The molecule has 1 N–H and O–H groups in total. The molecule has 1 aliphatic rings. The van der Waals surface area contributed by atoms with Crippen LogP contribution in [0.15, 0.2) is 47.5 Å². The van der Waals surface area contributed by atoms with Crippen LogP contribution in [0.3, 0.4) is 0 Å². The Bertz CT molecular complexity index is 916. The van der Waals surface area contributed by atoms with Crippen LogP contribution in [0, 0.1) is 18.6 Å². The first kappa shape index (κ1) is 19.0. The largest absolute Gasteiger partial charge is 0.323 e. The van der Waals surface area contributed by atoms with Gasteiger partial charge in [0.05, 0.1) is 16.6 Å². The smallest absolute Gasteiger partial charge is 0.254 e. The minimum absolute atomic E-state index is 0.00305. The number of amidine groups is 1. The second kappa shape index (κ2) is 7.87. The number of carbonyl (C=O) groups excluding carboxylic acids is 2. The van der Waals surface area contributed by atoms with Crippen molar-refractivity contribution < 1.29 is 18.4 Å². The lowest BCUT2D eigenvalue weighted by molar-refractivity contribution is -0.116. The minimum atomic E-state index is -0.725. The van der Waals surface area contributed by atoms with Crippen LogP contribution in [0.4, 0.5) is 20.2 Å². The highest BCUT2D eigenvalue weighted by atomic mass is 32.2. The molecule has 2 aromatic rings. The van der Waals surface area contributed by atoms with Gasteiger partial charge in [0.25, 0.3) is 5.91 Å². The highest BCUT2D eigenvalue weighted by molar-refractivity contribution is 8.15. The number of aliphatic imine (C=N–C) groups is 1. The van der Waals surface area contributed by atoms with Gasteiger partial charge in [-0.2, -0.15) is 0 Å². The highest BCUT2D eigenvalue weighted by Gasteiger charge is 2.30. The Balaban J connectivity index is 1.71. The molecule has 0 saturated carbocycles. The van der Waals surface area contributed by atoms with E-state index in [1.54, 1.807) is 6.92 Å². The molecule has 5 nitrogen and oxygen atoms in total. The average molecular weight is 389 g/mol. The molecule has 0 bridgehead atoms. The number of benzene rings is 2. The third kappa shape index (κ3) is 4.33. The average Bonchev–Trinajstić information content (AvgIpc) is 2.99. The van der Waals surface area contributed by atoms with Gasteiger partial charge in [-0.1, -0.05) is 29.5 Å². The van der Waals surface area contributed by atoms with E-state index in [4.69, 9.17) is 0 Å². The first-order valence-electron chi connectivity index (χ1n) is 8.22. The number of nitrogens with one attached hydrogen (secondary N) is 1. The van der Waals surface area contributed by atoms with Crippen LogP contribution >= 0.6 is 11.8 Å². The molecular formula is C19H17F2N3O2S. The first-order chi connectivity index (χ1) is 12.8. The Morgan fingerprint density at radius 3 is 2.63 bits per heavy atom. The van der Waals surface area contributed by atoms with E-state index >= 15 is 0 Å². The summed E-state index contributed by atoms with van der Waals surface area (Å²) in [6.07, 6.45) is 0. The molecule has 27 heavy (non-hydrogen) atoms. The molecular weight excluding hydrogens is 372 g/mol. The van der Waals surface area contributed by atoms with Gasteiger partial charge in [-0.15, -0.1) is 0 Å². The minimum Gasteiger partial charge on any atom is -0.323 e. The lowest BCUT2D eigenvalue weighted by atomic mass is 10.2. The van der Waals surface area contributed by atoms with Gasteiger partial charge in [-0.3, -0.25) is 19.5 Å². The van der Waals surface area contributed by atoms with Crippen LogP contribution < -0.4 is 10.2 Å². The third-order valence-electron chi connectivity index (χ3n) is 3.92. The summed E-state index contributed by atoms with van der Waals surface area (Å²) in [5, 5.41) is 2.08. The van der Waals surface area contributed by atoms with Crippen molar-refractivity contribution in [3.63, 3.8) is 0 Å². The monoisotopic (exact) mass is 389 g/mol. The van der Waals surface area contributed by atoms with E-state index in [2.05, 4.69) is 10.3 Å². The molecule has 2 aromatic carbocycles. The van der Waals surface area contributed by atoms with Crippen molar-refractivity contribution in [1.82, 2.24) is 0 Å². The standard InChI is InChI=1S/C19H17F2N3O2S/c1-11-3-6-14(7-4-11)24-17(25)10-22-19(24)27-12(2)18(26)23-16-9-13(20)5-8-15(16)21/h3-9,12H,10H2,1-2H3,(H,23,26)/t12-/m1/s1. The molecule has 3 rings (SSSR count). The summed E-state index contributed by atoms with van der Waals surface area (Å²) in [4.78, 5) is 30.2. The maximum absolute atomic E-state index is 13.7. The van der Waals surface area contributed by atoms with Crippen LogP contribution in [0.5, 0.6) is 0 Å². The Kier molecular flexibility index (Phi) is 5.55. The van der Waals surface area contributed by atoms with Crippen LogP contribution in [0.2, 0.25) is 0 Å². The quantitative estimate of drug-likeness (QED) is 0.867. The zero-order valence-corrected chi connectivity index (χ0v) is 15.5. The third-order valence-corrected chi connectivity index (χ3v) is 5.01. The lowest BCUT2D eigenvalue weighted by Crippen LogP contribution is -2.33. The molecule has 1 aliphatic heterocycles. The molecule has 0 radical (unpaired) electrons. The van der Waals surface area contributed by atoms with Crippen molar-refractivity contribution in [2.24, 2.45) is 4.99 Å². The van der Waals surface area contributed by atoms with Gasteiger partial charge < -0.3 is 5.32 Å². The van der Waals surface area contributed by atoms with Gasteiger partial charge in [-0.05, 0) is 38.1 Å². The van der Waals surface area contributed by atoms with Gasteiger partial charge >= 0.3 is 0 Å². The Morgan fingerprint density at radius 2 is 1.93 bits per heavy atom. The van der Waals surface area contributed by atoms with Gasteiger partial charge in [-0.25, -0.2) is 8.78 Å². The number of amides is 2. The van der Waals surface area contributed by atoms with Crippen LogP contribution in [-0.2, 0) is 9.59 Å². The second-order valence-electron chi connectivity index (χ2n) is 6.04. The number of aryl methyl sites for hydroxylation is 1. The first-order valence-corrected chi connectivity index (χ1v) is 9.10. The molecule has 0 aromatic heterocycles. The zero-order valence-electron chi connectivity index (χ0n) is 14.7. The number of thioether (sulfide) groups is 1. The topological polar surface area (TPSA) is 61.8 Å². The van der Waals surface area contributed by atoms with Gasteiger partial charge in [0.15, 0.2) is 5.17 Å². The molecule has 0 saturated heterocycles. The predicted octanol–water partition coefficient (Wildman–Crippen LogP) is 3.74. The zero-order chi connectivity index (χ0) is 19.6. The van der Waals surface area contributed by atoms with Crippen LogP contribution in [0.1, 0.15) is 12.5 Å². The van der Waals surface area contributed by atoms with Gasteiger partial charge in [0.1, 0.15) is 18.2 Å². The molecule has 2 amide bonds. The molecule has 140 valence electrons. The van der Waals surface area contributed by atoms with E-state index in [0.29, 0.717) is 10.9 Å². The lowest BCUT2D eigenvalue weighted by Gasteiger charge is -2.20. The maximum Gasteiger partial charge on any atom is 0.254 e. The summed E-state index contributed by atoms with van der Waals surface area (Å²) < 4.78 is 27.0. The van der Waals surface area contributed by atoms with Crippen LogP contribution in [0.25, 0.3) is 0 Å². The van der Waals surface area contributed by atoms with Crippen molar-refractivity contribution in [3.8, 4) is 0 Å². The number of carbonyl (C=O) groups is 2. The Morgan fingerprint density at radius 1 is 1.22 bits per heavy atom. The summed E-state index contributed by atoms with van der Waals surface area (Å²) in [5.74, 6) is -2.08. The molecule has 1 heterocycles. The van der Waals surface area contributed by atoms with E-state index in [1.165, 1.54) is 4.90 Å². The summed E-state index contributed by atoms with van der Waals surface area (Å²) in [6, 6.07) is 10.2. The molecule has 0 fully saturated rings. The number of rotatable bonds is 4. The number of hydrogen-bond donors (Lipinski definition) is 1. The molecule has 8 heteroatoms. The van der Waals surface area contributed by atoms with Crippen molar-refractivity contribution in [2.75, 3.05) is 16.8 Å². The summed E-state index contributed by atoms with van der Waals surface area (Å²) in [6.45, 7) is 3.55. The fraction of sp³-hybridized carbons (Fsp3) is 0.211. The Hall–Kier alpha value is -2.74. The van der Waals surface area contributed by atoms with E-state index in [0.717, 1.165) is 35.5 Å². The fourth-order valence-electron chi connectivity index (χ4n) is 2.46. The normalized spacial score (nSPS) is 14.9. The van der Waals surface area contributed by atoms with Crippen molar-refractivity contribution in [3.05, 3.63) is 59.7 Å².